The third kappa shape index (κ3) is 3.88. The van der Waals surface area contributed by atoms with Crippen LogP contribution in [0.15, 0.2) is 40.9 Å². The average Bonchev–Trinajstić information content (AvgIpc) is 3.25. The number of carbonyl (C=O) groups is 2. The second-order valence-corrected chi connectivity index (χ2v) is 6.20. The lowest BCUT2D eigenvalue weighted by molar-refractivity contribution is -0.118. The summed E-state index contributed by atoms with van der Waals surface area (Å²) < 4.78 is 26.2. The maximum Gasteiger partial charge on any atom is 0.338 e. The zero-order valence-electron chi connectivity index (χ0n) is 16.1. The van der Waals surface area contributed by atoms with Crippen LogP contribution in [0, 0.1) is 0 Å². The zero-order chi connectivity index (χ0) is 21.1. The van der Waals surface area contributed by atoms with Gasteiger partial charge >= 0.3 is 5.97 Å². The van der Waals surface area contributed by atoms with Crippen molar-refractivity contribution in [2.45, 2.75) is 6.61 Å². The van der Waals surface area contributed by atoms with Crippen molar-refractivity contribution < 1.29 is 33.1 Å². The molecule has 1 aliphatic rings. The van der Waals surface area contributed by atoms with Crippen molar-refractivity contribution in [1.29, 1.82) is 0 Å². The van der Waals surface area contributed by atoms with E-state index < -0.39 is 5.97 Å². The fraction of sp³-hybridized carbons (Fsp3) is 0.200. The van der Waals surface area contributed by atoms with E-state index >= 15 is 0 Å². The summed E-state index contributed by atoms with van der Waals surface area (Å²) in [5.74, 6) is 1.10. The van der Waals surface area contributed by atoms with Crippen molar-refractivity contribution in [2.24, 2.45) is 0 Å². The van der Waals surface area contributed by atoms with Crippen LogP contribution in [0.25, 0.3) is 11.4 Å². The van der Waals surface area contributed by atoms with E-state index in [0.717, 1.165) is 0 Å². The van der Waals surface area contributed by atoms with Crippen LogP contribution in [0.4, 0.5) is 5.69 Å². The van der Waals surface area contributed by atoms with E-state index in [9.17, 15) is 9.59 Å². The van der Waals surface area contributed by atoms with E-state index in [1.807, 2.05) is 0 Å². The summed E-state index contributed by atoms with van der Waals surface area (Å²) in [5.41, 5.74) is 1.37. The standard InChI is InChI=1S/C20H17N3O7/c1-26-12-4-5-13(15(8-12)27-2)19-22-18(30-23-19)10-29-20(25)11-3-6-14-16(7-11)28-9-17(24)21-14/h3-8H,9-10H2,1-2H3,(H,21,24). The molecular weight excluding hydrogens is 394 g/mol. The minimum Gasteiger partial charge on any atom is -0.497 e. The topological polar surface area (TPSA) is 122 Å². The Kier molecular flexibility index (Phi) is 5.21. The smallest absolute Gasteiger partial charge is 0.338 e. The molecule has 4 rings (SSSR count). The number of ether oxygens (including phenoxy) is 4. The Labute approximate surface area is 170 Å². The first kappa shape index (κ1) is 19.2. The van der Waals surface area contributed by atoms with Crippen LogP contribution < -0.4 is 19.5 Å². The van der Waals surface area contributed by atoms with Gasteiger partial charge in [0.1, 0.15) is 17.2 Å². The molecule has 154 valence electrons. The van der Waals surface area contributed by atoms with Gasteiger partial charge in [0.05, 0.1) is 31.0 Å². The molecule has 2 heterocycles. The molecule has 10 nitrogen and oxygen atoms in total. The molecular formula is C20H17N3O7. The molecule has 0 atom stereocenters. The number of nitrogens with zero attached hydrogens (tertiary/aromatic N) is 2. The summed E-state index contributed by atoms with van der Waals surface area (Å²) in [4.78, 5) is 27.9. The van der Waals surface area contributed by atoms with Gasteiger partial charge in [-0.2, -0.15) is 4.98 Å². The van der Waals surface area contributed by atoms with Gasteiger partial charge in [-0.3, -0.25) is 4.79 Å². The highest BCUT2D eigenvalue weighted by atomic mass is 16.6. The molecule has 1 amide bonds. The molecule has 0 fully saturated rings. The number of hydrogen-bond donors (Lipinski definition) is 1. The lowest BCUT2D eigenvalue weighted by atomic mass is 10.1. The Morgan fingerprint density at radius 2 is 2.03 bits per heavy atom. The molecule has 1 N–H and O–H groups in total. The zero-order valence-corrected chi connectivity index (χ0v) is 16.1. The number of fused-ring (bicyclic) bond motifs is 1. The van der Waals surface area contributed by atoms with E-state index in [2.05, 4.69) is 15.5 Å². The van der Waals surface area contributed by atoms with Crippen molar-refractivity contribution in [3.8, 4) is 28.6 Å². The molecule has 0 spiro atoms. The maximum absolute atomic E-state index is 12.3. The fourth-order valence-electron chi connectivity index (χ4n) is 2.82. The average molecular weight is 411 g/mol. The minimum atomic E-state index is -0.597. The number of nitrogens with one attached hydrogen (secondary N) is 1. The summed E-state index contributed by atoms with van der Waals surface area (Å²) in [7, 11) is 3.08. The first-order valence-electron chi connectivity index (χ1n) is 8.86. The van der Waals surface area contributed by atoms with E-state index in [1.165, 1.54) is 19.2 Å². The van der Waals surface area contributed by atoms with Crippen molar-refractivity contribution >= 4 is 17.6 Å². The Morgan fingerprint density at radius 1 is 1.17 bits per heavy atom. The van der Waals surface area contributed by atoms with Crippen LogP contribution in [-0.2, 0) is 16.1 Å². The molecule has 0 bridgehead atoms. The number of methoxy groups -OCH3 is 2. The largest absolute Gasteiger partial charge is 0.497 e. The molecule has 0 aliphatic carbocycles. The van der Waals surface area contributed by atoms with Crippen molar-refractivity contribution in [2.75, 3.05) is 26.1 Å². The van der Waals surface area contributed by atoms with E-state index in [1.54, 1.807) is 31.4 Å². The number of anilines is 1. The van der Waals surface area contributed by atoms with Gasteiger partial charge in [-0.1, -0.05) is 5.16 Å². The third-order valence-electron chi connectivity index (χ3n) is 4.29. The molecule has 2 aromatic carbocycles. The van der Waals surface area contributed by atoms with Crippen LogP contribution in [0.3, 0.4) is 0 Å². The summed E-state index contributed by atoms with van der Waals surface area (Å²) >= 11 is 0. The molecule has 30 heavy (non-hydrogen) atoms. The van der Waals surface area contributed by atoms with Gasteiger partial charge in [0.15, 0.2) is 13.2 Å². The number of rotatable bonds is 6. The van der Waals surface area contributed by atoms with Crippen molar-refractivity contribution in [1.82, 2.24) is 10.1 Å². The molecule has 1 aliphatic heterocycles. The fourth-order valence-corrected chi connectivity index (χ4v) is 2.82. The second-order valence-electron chi connectivity index (χ2n) is 6.20. The molecule has 0 radical (unpaired) electrons. The van der Waals surface area contributed by atoms with Gasteiger partial charge < -0.3 is 28.8 Å². The molecule has 0 saturated carbocycles. The highest BCUT2D eigenvalue weighted by Crippen LogP contribution is 2.32. The Balaban J connectivity index is 1.44. The van der Waals surface area contributed by atoms with Crippen molar-refractivity contribution in [3.05, 3.63) is 47.9 Å². The first-order chi connectivity index (χ1) is 14.6. The van der Waals surface area contributed by atoms with E-state index in [4.69, 9.17) is 23.5 Å². The Bertz CT molecular complexity index is 1110. The molecule has 10 heteroatoms. The first-order valence-corrected chi connectivity index (χ1v) is 8.86. The van der Waals surface area contributed by atoms with Crippen LogP contribution in [0.1, 0.15) is 16.2 Å². The Morgan fingerprint density at radius 3 is 2.83 bits per heavy atom. The number of aromatic nitrogens is 2. The van der Waals surface area contributed by atoms with Crippen LogP contribution in [-0.4, -0.2) is 42.8 Å². The van der Waals surface area contributed by atoms with Crippen LogP contribution >= 0.6 is 0 Å². The van der Waals surface area contributed by atoms with Gasteiger partial charge in [-0.25, -0.2) is 4.79 Å². The highest BCUT2D eigenvalue weighted by Gasteiger charge is 2.20. The summed E-state index contributed by atoms with van der Waals surface area (Å²) in [6.45, 7) is -0.315. The Hall–Kier alpha value is -4.08. The summed E-state index contributed by atoms with van der Waals surface area (Å²) in [5, 5.41) is 6.56. The van der Waals surface area contributed by atoms with Crippen LogP contribution in [0.2, 0.25) is 0 Å². The second kappa shape index (κ2) is 8.11. The van der Waals surface area contributed by atoms with Gasteiger partial charge in [-0.05, 0) is 30.3 Å². The number of benzene rings is 2. The molecule has 0 unspecified atom stereocenters. The SMILES string of the molecule is COc1ccc(-c2noc(COC(=O)c3ccc4c(c3)OCC(=O)N4)n2)c(OC)c1. The van der Waals surface area contributed by atoms with Gasteiger partial charge in [0.2, 0.25) is 5.82 Å². The normalized spacial score (nSPS) is 12.4. The summed E-state index contributed by atoms with van der Waals surface area (Å²) in [6, 6.07) is 9.78. The minimum absolute atomic E-state index is 0.106. The van der Waals surface area contributed by atoms with Crippen LogP contribution in [0.5, 0.6) is 17.2 Å². The lowest BCUT2D eigenvalue weighted by Crippen LogP contribution is -2.25. The third-order valence-corrected chi connectivity index (χ3v) is 4.29. The number of hydrogen-bond acceptors (Lipinski definition) is 9. The molecule has 3 aromatic rings. The van der Waals surface area contributed by atoms with Crippen molar-refractivity contribution in [3.63, 3.8) is 0 Å². The predicted octanol–water partition coefficient (Wildman–Crippen LogP) is 2.44. The maximum atomic E-state index is 12.3. The van der Waals surface area contributed by atoms with Gasteiger partial charge in [0.25, 0.3) is 11.8 Å². The van der Waals surface area contributed by atoms with E-state index in [-0.39, 0.29) is 30.6 Å². The quantitative estimate of drug-likeness (QED) is 0.609. The number of carbonyl (C=O) groups excluding carboxylic acids is 2. The highest BCUT2D eigenvalue weighted by molar-refractivity contribution is 5.97. The number of esters is 1. The predicted molar refractivity (Wildman–Crippen MR) is 103 cm³/mol. The van der Waals surface area contributed by atoms with Gasteiger partial charge in [-0.15, -0.1) is 0 Å². The molecule has 0 saturated heterocycles. The van der Waals surface area contributed by atoms with E-state index in [0.29, 0.717) is 34.3 Å². The summed E-state index contributed by atoms with van der Waals surface area (Å²) in [6.07, 6.45) is 0. The number of amides is 1. The van der Waals surface area contributed by atoms with Gasteiger partial charge in [0, 0.05) is 6.07 Å². The lowest BCUT2D eigenvalue weighted by Gasteiger charge is -2.18. The monoisotopic (exact) mass is 411 g/mol. The molecule has 1 aromatic heterocycles.